The second kappa shape index (κ2) is 25.8. The minimum absolute atomic E-state index is 0.368. The fraction of sp³-hybridized carbons (Fsp3) is 0.630. The summed E-state index contributed by atoms with van der Waals surface area (Å²) >= 11 is 3.96. The van der Waals surface area contributed by atoms with Crippen molar-refractivity contribution in [3.8, 4) is 33.8 Å². The number of fused-ring (bicyclic) bond motifs is 2. The number of aromatic nitrogens is 4. The van der Waals surface area contributed by atoms with Crippen molar-refractivity contribution in [1.82, 2.24) is 20.4 Å². The topological polar surface area (TPSA) is 77.8 Å². The van der Waals surface area contributed by atoms with Gasteiger partial charge in [0, 0.05) is 14.3 Å². The SMILES string of the molecule is CCCCCCCCC(CCCCC)CCc1c2cc(-c3ccc(-c4nnc(-c5ccc(C)o5)nn4)o3)sc2c(CCC(CCCCC)CCCCCCCC)c2cc(C)sc12. The normalized spacial score (nSPS) is 12.9. The minimum Gasteiger partial charge on any atom is -0.458 e. The zero-order valence-corrected chi connectivity index (χ0v) is 41.1. The molecule has 0 aliphatic carbocycles. The molecule has 338 valence electrons. The lowest BCUT2D eigenvalue weighted by Crippen LogP contribution is -2.05. The summed E-state index contributed by atoms with van der Waals surface area (Å²) in [5.74, 6) is 5.12. The minimum atomic E-state index is 0.368. The molecule has 5 heterocycles. The molecular weight excluding hydrogens is 801 g/mol. The number of rotatable bonds is 31. The lowest BCUT2D eigenvalue weighted by atomic mass is 9.86. The fourth-order valence-electron chi connectivity index (χ4n) is 9.59. The fourth-order valence-corrected chi connectivity index (χ4v) is 12.0. The predicted molar refractivity (Wildman–Crippen MR) is 267 cm³/mol. The number of nitrogens with zero attached hydrogens (tertiary/aromatic N) is 4. The first-order chi connectivity index (χ1) is 30.4. The molecule has 6 aromatic rings. The summed E-state index contributed by atoms with van der Waals surface area (Å²) in [4.78, 5) is 2.61. The van der Waals surface area contributed by atoms with Crippen LogP contribution in [0.15, 0.2) is 45.2 Å². The van der Waals surface area contributed by atoms with Crippen LogP contribution in [0.4, 0.5) is 0 Å². The maximum atomic E-state index is 6.56. The summed E-state index contributed by atoms with van der Waals surface area (Å²) in [6.07, 6.45) is 34.8. The molecule has 2 atom stereocenters. The molecule has 0 amide bonds. The van der Waals surface area contributed by atoms with E-state index in [1.54, 1.807) is 11.1 Å². The molecule has 0 bridgehead atoms. The van der Waals surface area contributed by atoms with Gasteiger partial charge in [-0.25, -0.2) is 0 Å². The third-order valence-corrected chi connectivity index (χ3v) is 15.6. The second-order valence-electron chi connectivity index (χ2n) is 18.4. The molecule has 0 aliphatic heterocycles. The van der Waals surface area contributed by atoms with Gasteiger partial charge in [0.05, 0.1) is 4.88 Å². The average Bonchev–Trinajstić information content (AvgIpc) is 4.11. The van der Waals surface area contributed by atoms with E-state index < -0.39 is 0 Å². The van der Waals surface area contributed by atoms with Crippen molar-refractivity contribution in [3.63, 3.8) is 0 Å². The summed E-state index contributed by atoms with van der Waals surface area (Å²) in [6, 6.07) is 12.8. The molecule has 62 heavy (non-hydrogen) atoms. The van der Waals surface area contributed by atoms with Gasteiger partial charge in [-0.1, -0.05) is 169 Å². The molecule has 0 saturated heterocycles. The van der Waals surface area contributed by atoms with Crippen LogP contribution < -0.4 is 0 Å². The van der Waals surface area contributed by atoms with Crippen LogP contribution in [0.1, 0.15) is 204 Å². The van der Waals surface area contributed by atoms with Crippen molar-refractivity contribution in [2.45, 2.75) is 208 Å². The van der Waals surface area contributed by atoms with Crippen LogP contribution >= 0.6 is 22.7 Å². The highest BCUT2D eigenvalue weighted by Crippen LogP contribution is 2.46. The van der Waals surface area contributed by atoms with Gasteiger partial charge in [-0.2, -0.15) is 0 Å². The number of hydrogen-bond donors (Lipinski definition) is 0. The number of aryl methyl sites for hydroxylation is 4. The first-order valence-corrected chi connectivity index (χ1v) is 26.8. The lowest BCUT2D eigenvalue weighted by molar-refractivity contribution is 0.383. The summed E-state index contributed by atoms with van der Waals surface area (Å²) in [7, 11) is 0. The largest absolute Gasteiger partial charge is 0.458 e. The lowest BCUT2D eigenvalue weighted by Gasteiger charge is -2.20. The number of furan rings is 2. The Kier molecular flexibility index (Phi) is 20.0. The van der Waals surface area contributed by atoms with Gasteiger partial charge in [-0.3, -0.25) is 0 Å². The quantitative estimate of drug-likeness (QED) is 0.0405. The van der Waals surface area contributed by atoms with Crippen LogP contribution in [0.5, 0.6) is 0 Å². The van der Waals surface area contributed by atoms with Crippen molar-refractivity contribution in [1.29, 1.82) is 0 Å². The van der Waals surface area contributed by atoms with Gasteiger partial charge in [0.25, 0.3) is 0 Å². The van der Waals surface area contributed by atoms with Gasteiger partial charge in [0.2, 0.25) is 11.6 Å². The smallest absolute Gasteiger partial charge is 0.238 e. The first-order valence-electron chi connectivity index (χ1n) is 25.1. The van der Waals surface area contributed by atoms with Gasteiger partial charge < -0.3 is 8.83 Å². The summed E-state index contributed by atoms with van der Waals surface area (Å²) in [6.45, 7) is 13.5. The summed E-state index contributed by atoms with van der Waals surface area (Å²) in [5.41, 5.74) is 3.14. The third-order valence-electron chi connectivity index (χ3n) is 13.3. The highest BCUT2D eigenvalue weighted by molar-refractivity contribution is 7.23. The maximum absolute atomic E-state index is 6.56. The Morgan fingerprint density at radius 2 is 0.871 bits per heavy atom. The summed E-state index contributed by atoms with van der Waals surface area (Å²) in [5, 5.41) is 20.4. The molecule has 0 fully saturated rings. The van der Waals surface area contributed by atoms with Gasteiger partial charge >= 0.3 is 0 Å². The number of benzene rings is 1. The van der Waals surface area contributed by atoms with Crippen molar-refractivity contribution >= 4 is 42.8 Å². The van der Waals surface area contributed by atoms with E-state index in [0.29, 0.717) is 23.2 Å². The van der Waals surface area contributed by atoms with Crippen LogP contribution in [0, 0.1) is 25.7 Å². The van der Waals surface area contributed by atoms with Crippen molar-refractivity contribution < 1.29 is 8.83 Å². The Morgan fingerprint density at radius 1 is 0.452 bits per heavy atom. The van der Waals surface area contributed by atoms with E-state index in [0.717, 1.165) is 36.2 Å². The molecule has 0 spiro atoms. The standard InChI is InChI=1S/C54H78N4O2S2/c1-7-11-15-17-19-23-27-41(25-21-13-9-3)30-32-43-45-37-40(6)61-51(45)44(33-31-42(26-22-14-10-4)28-24-20-18-16-12-8-2)46-38-50(62-52(43)46)47-35-36-49(60-47)54-57-55-53(56-58-54)48-34-29-39(5)59-48/h29,34-38,41-42H,7-28,30-33H2,1-6H3. The number of hydrogen-bond acceptors (Lipinski definition) is 8. The van der Waals surface area contributed by atoms with Gasteiger partial charge in [-0.15, -0.1) is 43.1 Å². The molecule has 6 nitrogen and oxygen atoms in total. The highest BCUT2D eigenvalue weighted by atomic mass is 32.1. The van der Waals surface area contributed by atoms with Gasteiger partial charge in [-0.05, 0) is 110 Å². The van der Waals surface area contributed by atoms with Crippen molar-refractivity contribution in [2.75, 3.05) is 0 Å². The molecule has 0 aliphatic rings. The molecule has 0 radical (unpaired) electrons. The molecule has 8 heteroatoms. The number of thiophene rings is 2. The monoisotopic (exact) mass is 879 g/mol. The van der Waals surface area contributed by atoms with E-state index in [2.05, 4.69) is 73.2 Å². The Balaban J connectivity index is 1.31. The Hall–Kier alpha value is -3.36. The van der Waals surface area contributed by atoms with Crippen molar-refractivity contribution in [3.05, 3.63) is 58.2 Å². The summed E-state index contributed by atoms with van der Waals surface area (Å²) < 4.78 is 15.3. The Morgan fingerprint density at radius 3 is 1.39 bits per heavy atom. The number of unbranched alkanes of at least 4 members (excludes halogenated alkanes) is 14. The molecule has 2 unspecified atom stereocenters. The molecular formula is C54H78N4O2S2. The van der Waals surface area contributed by atoms with Crippen LogP contribution in [-0.2, 0) is 12.8 Å². The molecule has 0 saturated carbocycles. The van der Waals surface area contributed by atoms with E-state index in [9.17, 15) is 0 Å². The van der Waals surface area contributed by atoms with Gasteiger partial charge in [0.1, 0.15) is 11.5 Å². The van der Waals surface area contributed by atoms with Crippen LogP contribution in [0.2, 0.25) is 0 Å². The van der Waals surface area contributed by atoms with E-state index in [1.807, 2.05) is 47.8 Å². The van der Waals surface area contributed by atoms with Crippen LogP contribution in [0.25, 0.3) is 54.0 Å². The van der Waals surface area contributed by atoms with Crippen LogP contribution in [0.3, 0.4) is 0 Å². The van der Waals surface area contributed by atoms with Crippen LogP contribution in [-0.4, -0.2) is 20.4 Å². The van der Waals surface area contributed by atoms with E-state index >= 15 is 0 Å². The van der Waals surface area contributed by atoms with E-state index in [4.69, 9.17) is 8.83 Å². The van der Waals surface area contributed by atoms with Crippen molar-refractivity contribution in [2.24, 2.45) is 11.8 Å². The zero-order chi connectivity index (χ0) is 43.5. The third kappa shape index (κ3) is 13.8. The predicted octanol–water partition coefficient (Wildman–Crippen LogP) is 18.3. The highest BCUT2D eigenvalue weighted by Gasteiger charge is 2.23. The Bertz CT molecular complexity index is 2090. The first kappa shape index (κ1) is 48.1. The maximum Gasteiger partial charge on any atom is 0.238 e. The molecule has 6 rings (SSSR count). The zero-order valence-electron chi connectivity index (χ0n) is 39.4. The molecule has 5 aromatic heterocycles. The van der Waals surface area contributed by atoms with Gasteiger partial charge in [0.15, 0.2) is 11.5 Å². The second-order valence-corrected chi connectivity index (χ2v) is 20.8. The van der Waals surface area contributed by atoms with E-state index in [1.165, 1.54) is 184 Å². The van der Waals surface area contributed by atoms with E-state index in [-0.39, 0.29) is 0 Å². The molecule has 1 aromatic carbocycles. The average molecular weight is 879 g/mol. The molecule has 0 N–H and O–H groups in total. The Labute approximate surface area is 382 Å².